The Balaban J connectivity index is 2.33. The maximum Gasteiger partial charge on any atom is 0.247 e. The molecule has 0 bridgehead atoms. The zero-order valence-corrected chi connectivity index (χ0v) is 7.66. The smallest absolute Gasteiger partial charge is 0.247 e. The molecule has 1 aliphatic heterocycles. The highest BCUT2D eigenvalue weighted by Gasteiger charge is 2.15. The summed E-state index contributed by atoms with van der Waals surface area (Å²) in [6.45, 7) is 0.693. The van der Waals surface area contributed by atoms with E-state index in [9.17, 15) is 9.90 Å². The predicted octanol–water partition coefficient (Wildman–Crippen LogP) is 1.30. The lowest BCUT2D eigenvalue weighted by molar-refractivity contribution is -0.116. The first-order chi connectivity index (χ1) is 6.77. The monoisotopic (exact) mass is 189 g/mol. The van der Waals surface area contributed by atoms with Crippen LogP contribution in [0.15, 0.2) is 29.8 Å². The predicted molar refractivity (Wildman–Crippen MR) is 53.7 cm³/mol. The molecule has 1 aromatic rings. The maximum absolute atomic E-state index is 11.2. The second kappa shape index (κ2) is 3.54. The Hall–Kier alpha value is -1.77. The fraction of sp³-hybridized carbons (Fsp3) is 0.182. The van der Waals surface area contributed by atoms with E-state index >= 15 is 0 Å². The number of phenols is 1. The first-order valence-corrected chi connectivity index (χ1v) is 4.54. The highest BCUT2D eigenvalue weighted by atomic mass is 16.3. The Bertz CT molecular complexity index is 396. The van der Waals surface area contributed by atoms with Gasteiger partial charge in [0.1, 0.15) is 5.75 Å². The van der Waals surface area contributed by atoms with Gasteiger partial charge in [-0.25, -0.2) is 0 Å². The van der Waals surface area contributed by atoms with Crippen LogP contribution >= 0.6 is 0 Å². The third-order valence-electron chi connectivity index (χ3n) is 2.24. The molecule has 0 aromatic heterocycles. The van der Waals surface area contributed by atoms with Crippen molar-refractivity contribution < 1.29 is 9.90 Å². The molecule has 1 heterocycles. The topological polar surface area (TPSA) is 49.3 Å². The van der Waals surface area contributed by atoms with Crippen LogP contribution in [0.25, 0.3) is 6.08 Å². The minimum absolute atomic E-state index is 0.0340. The Labute approximate surface area is 82.1 Å². The summed E-state index contributed by atoms with van der Waals surface area (Å²) >= 11 is 0. The maximum atomic E-state index is 11.2. The molecule has 3 nitrogen and oxygen atoms in total. The molecule has 2 N–H and O–H groups in total. The summed E-state index contributed by atoms with van der Waals surface area (Å²) in [6, 6.07) is 6.98. The third kappa shape index (κ3) is 1.62. The molecule has 14 heavy (non-hydrogen) atoms. The van der Waals surface area contributed by atoms with Crippen LogP contribution < -0.4 is 5.32 Å². The third-order valence-corrected chi connectivity index (χ3v) is 2.24. The van der Waals surface area contributed by atoms with Crippen molar-refractivity contribution in [2.75, 3.05) is 6.54 Å². The largest absolute Gasteiger partial charge is 0.507 e. The van der Waals surface area contributed by atoms with Crippen molar-refractivity contribution >= 4 is 12.0 Å². The standard InChI is InChI=1S/C11H11NO2/c13-10-4-2-1-3-8(10)7-9-5-6-12-11(9)14/h1-4,7,13H,5-6H2,(H,12,14). The first-order valence-electron chi connectivity index (χ1n) is 4.54. The molecule has 0 aliphatic carbocycles. The van der Waals surface area contributed by atoms with E-state index in [0.29, 0.717) is 12.1 Å². The molecular weight excluding hydrogens is 178 g/mol. The lowest BCUT2D eigenvalue weighted by Crippen LogP contribution is -2.13. The first kappa shape index (κ1) is 8.81. The summed E-state index contributed by atoms with van der Waals surface area (Å²) in [7, 11) is 0. The lowest BCUT2D eigenvalue weighted by atomic mass is 10.1. The zero-order valence-electron chi connectivity index (χ0n) is 7.66. The fourth-order valence-electron chi connectivity index (χ4n) is 1.47. The highest BCUT2D eigenvalue weighted by molar-refractivity contribution is 6.00. The van der Waals surface area contributed by atoms with Crippen molar-refractivity contribution in [1.82, 2.24) is 5.32 Å². The molecule has 0 spiro atoms. The van der Waals surface area contributed by atoms with Gasteiger partial charge in [0.2, 0.25) is 5.91 Å². The van der Waals surface area contributed by atoms with E-state index in [4.69, 9.17) is 0 Å². The molecule has 1 saturated heterocycles. The molecule has 0 saturated carbocycles. The van der Waals surface area contributed by atoms with E-state index in [1.54, 1.807) is 24.3 Å². The highest BCUT2D eigenvalue weighted by Crippen LogP contribution is 2.21. The summed E-state index contributed by atoms with van der Waals surface area (Å²) in [5.74, 6) is 0.174. The number of hydrogen-bond acceptors (Lipinski definition) is 2. The second-order valence-electron chi connectivity index (χ2n) is 3.23. The Kier molecular flexibility index (Phi) is 2.23. The van der Waals surface area contributed by atoms with Gasteiger partial charge in [-0.15, -0.1) is 0 Å². The van der Waals surface area contributed by atoms with Gasteiger partial charge in [0.25, 0.3) is 0 Å². The van der Waals surface area contributed by atoms with Gasteiger partial charge in [-0.05, 0) is 18.6 Å². The summed E-state index contributed by atoms with van der Waals surface area (Å²) < 4.78 is 0. The number of benzene rings is 1. The van der Waals surface area contributed by atoms with Crippen LogP contribution in [-0.2, 0) is 4.79 Å². The number of carbonyl (C=O) groups excluding carboxylic acids is 1. The number of amides is 1. The van der Waals surface area contributed by atoms with E-state index in [1.165, 1.54) is 0 Å². The number of carbonyl (C=O) groups is 1. The summed E-state index contributed by atoms with van der Waals surface area (Å²) in [4.78, 5) is 11.2. The second-order valence-corrected chi connectivity index (χ2v) is 3.23. The Morgan fingerprint density at radius 3 is 2.79 bits per heavy atom. The van der Waals surface area contributed by atoms with E-state index < -0.39 is 0 Å². The van der Waals surface area contributed by atoms with Crippen LogP contribution in [0.5, 0.6) is 5.75 Å². The van der Waals surface area contributed by atoms with Gasteiger partial charge in [0.05, 0.1) is 0 Å². The molecule has 1 fully saturated rings. The van der Waals surface area contributed by atoms with Crippen LogP contribution in [-0.4, -0.2) is 17.6 Å². The van der Waals surface area contributed by atoms with Gasteiger partial charge >= 0.3 is 0 Å². The average Bonchev–Trinajstić information content (AvgIpc) is 2.56. The summed E-state index contributed by atoms with van der Waals surface area (Å²) in [5.41, 5.74) is 1.42. The van der Waals surface area contributed by atoms with Gasteiger partial charge in [-0.3, -0.25) is 4.79 Å². The minimum Gasteiger partial charge on any atom is -0.507 e. The van der Waals surface area contributed by atoms with Gasteiger partial charge in [-0.1, -0.05) is 18.2 Å². The molecule has 1 aromatic carbocycles. The molecule has 72 valence electrons. The van der Waals surface area contributed by atoms with Crippen molar-refractivity contribution in [3.63, 3.8) is 0 Å². The van der Waals surface area contributed by atoms with Crippen molar-refractivity contribution in [1.29, 1.82) is 0 Å². The Morgan fingerprint density at radius 1 is 1.36 bits per heavy atom. The minimum atomic E-state index is -0.0340. The number of phenolic OH excluding ortho intramolecular Hbond substituents is 1. The number of para-hydroxylation sites is 1. The average molecular weight is 189 g/mol. The molecule has 2 rings (SSSR count). The SMILES string of the molecule is O=C1NCCC1=Cc1ccccc1O. The normalized spacial score (nSPS) is 18.6. The van der Waals surface area contributed by atoms with Crippen molar-refractivity contribution in [2.24, 2.45) is 0 Å². The van der Waals surface area contributed by atoms with Crippen LogP contribution in [0.3, 0.4) is 0 Å². The number of nitrogens with one attached hydrogen (secondary N) is 1. The number of aromatic hydroxyl groups is 1. The number of hydrogen-bond donors (Lipinski definition) is 2. The van der Waals surface area contributed by atoms with E-state index in [-0.39, 0.29) is 11.7 Å². The lowest BCUT2D eigenvalue weighted by Gasteiger charge is -1.98. The molecule has 1 amide bonds. The van der Waals surface area contributed by atoms with Gasteiger partial charge in [-0.2, -0.15) is 0 Å². The van der Waals surface area contributed by atoms with Crippen LogP contribution in [0, 0.1) is 0 Å². The number of rotatable bonds is 1. The zero-order chi connectivity index (χ0) is 9.97. The van der Waals surface area contributed by atoms with E-state index in [1.807, 2.05) is 6.07 Å². The van der Waals surface area contributed by atoms with Crippen LogP contribution in [0.2, 0.25) is 0 Å². The molecule has 0 radical (unpaired) electrons. The van der Waals surface area contributed by atoms with E-state index in [2.05, 4.69) is 5.32 Å². The summed E-state index contributed by atoms with van der Waals surface area (Å²) in [6.07, 6.45) is 2.46. The van der Waals surface area contributed by atoms with Crippen LogP contribution in [0.1, 0.15) is 12.0 Å². The van der Waals surface area contributed by atoms with Crippen LogP contribution in [0.4, 0.5) is 0 Å². The van der Waals surface area contributed by atoms with Gasteiger partial charge < -0.3 is 10.4 Å². The summed E-state index contributed by atoms with van der Waals surface area (Å²) in [5, 5.41) is 12.2. The van der Waals surface area contributed by atoms with Crippen molar-refractivity contribution in [3.05, 3.63) is 35.4 Å². The van der Waals surface area contributed by atoms with Crippen molar-refractivity contribution in [3.8, 4) is 5.75 Å². The van der Waals surface area contributed by atoms with Gasteiger partial charge in [0, 0.05) is 17.7 Å². The quantitative estimate of drug-likeness (QED) is 0.654. The molecular formula is C11H11NO2. The van der Waals surface area contributed by atoms with Gasteiger partial charge in [0.15, 0.2) is 0 Å². The fourth-order valence-corrected chi connectivity index (χ4v) is 1.47. The van der Waals surface area contributed by atoms with E-state index in [0.717, 1.165) is 12.0 Å². The Morgan fingerprint density at radius 2 is 2.14 bits per heavy atom. The molecule has 1 aliphatic rings. The van der Waals surface area contributed by atoms with Crippen molar-refractivity contribution in [2.45, 2.75) is 6.42 Å². The molecule has 0 unspecified atom stereocenters. The molecule has 3 heteroatoms. The molecule has 0 atom stereocenters.